The standard InChI is InChI=1S/C21H26N6O4/c1-14(15-4-6-16(7-5-15)26-8-10-31-11-9-26)23-17(28)12-27-20(29)18-19(22-13-24(18)2)25(3)21(27)30/h4-7,13-14H,8-12H2,1-3H3,(H,23,28). The highest BCUT2D eigenvalue weighted by Crippen LogP contribution is 2.20. The van der Waals surface area contributed by atoms with E-state index >= 15 is 0 Å². The molecular formula is C21H26N6O4. The highest BCUT2D eigenvalue weighted by Gasteiger charge is 2.18. The number of benzene rings is 1. The number of ether oxygens (including phenoxy) is 1. The molecule has 3 heterocycles. The van der Waals surface area contributed by atoms with E-state index in [9.17, 15) is 14.4 Å². The van der Waals surface area contributed by atoms with Crippen molar-refractivity contribution in [3.05, 3.63) is 57.0 Å². The molecule has 0 spiro atoms. The number of morpholine rings is 1. The third-order valence-electron chi connectivity index (χ3n) is 5.65. The number of hydrogen-bond donors (Lipinski definition) is 1. The number of hydrogen-bond acceptors (Lipinski definition) is 6. The number of carbonyl (C=O) groups excluding carboxylic acids is 1. The minimum atomic E-state index is -0.575. The van der Waals surface area contributed by atoms with Crippen LogP contribution in [-0.2, 0) is 30.2 Å². The Bertz CT molecular complexity index is 1220. The summed E-state index contributed by atoms with van der Waals surface area (Å²) in [6.45, 7) is 4.66. The summed E-state index contributed by atoms with van der Waals surface area (Å²) >= 11 is 0. The molecule has 1 aliphatic heterocycles. The molecule has 1 saturated heterocycles. The van der Waals surface area contributed by atoms with Crippen molar-refractivity contribution < 1.29 is 9.53 Å². The quantitative estimate of drug-likeness (QED) is 0.623. The zero-order valence-corrected chi connectivity index (χ0v) is 17.9. The molecule has 0 aliphatic carbocycles. The van der Waals surface area contributed by atoms with Crippen molar-refractivity contribution in [1.29, 1.82) is 0 Å². The molecule has 0 bridgehead atoms. The van der Waals surface area contributed by atoms with Gasteiger partial charge in [0.1, 0.15) is 6.54 Å². The maximum absolute atomic E-state index is 12.8. The number of nitrogens with zero attached hydrogens (tertiary/aromatic N) is 5. The van der Waals surface area contributed by atoms with Gasteiger partial charge in [-0.2, -0.15) is 0 Å². The maximum atomic E-state index is 12.8. The average molecular weight is 426 g/mol. The molecule has 3 aromatic rings. The van der Waals surface area contributed by atoms with Crippen molar-refractivity contribution in [2.24, 2.45) is 14.1 Å². The molecule has 164 valence electrons. The number of rotatable bonds is 5. The third-order valence-corrected chi connectivity index (χ3v) is 5.65. The molecule has 10 heteroatoms. The van der Waals surface area contributed by atoms with Crippen molar-refractivity contribution in [3.8, 4) is 0 Å². The van der Waals surface area contributed by atoms with E-state index < -0.39 is 17.2 Å². The Labute approximate surface area is 178 Å². The second-order valence-corrected chi connectivity index (χ2v) is 7.74. The van der Waals surface area contributed by atoms with E-state index in [0.29, 0.717) is 5.65 Å². The second kappa shape index (κ2) is 8.38. The van der Waals surface area contributed by atoms with E-state index in [-0.39, 0.29) is 18.1 Å². The van der Waals surface area contributed by atoms with Crippen LogP contribution in [0.15, 0.2) is 40.2 Å². The number of carbonyl (C=O) groups is 1. The van der Waals surface area contributed by atoms with Gasteiger partial charge in [-0.25, -0.2) is 14.3 Å². The van der Waals surface area contributed by atoms with E-state index in [4.69, 9.17) is 4.74 Å². The van der Waals surface area contributed by atoms with Gasteiger partial charge in [-0.3, -0.25) is 14.2 Å². The molecule has 1 N–H and O–H groups in total. The largest absolute Gasteiger partial charge is 0.378 e. The van der Waals surface area contributed by atoms with Crippen molar-refractivity contribution in [1.82, 2.24) is 24.0 Å². The first-order valence-electron chi connectivity index (χ1n) is 10.2. The Balaban J connectivity index is 1.48. The molecule has 1 amide bonds. The van der Waals surface area contributed by atoms with Gasteiger partial charge >= 0.3 is 5.69 Å². The molecule has 2 aromatic heterocycles. The Kier molecular flexibility index (Phi) is 5.64. The minimum absolute atomic E-state index is 0.272. The van der Waals surface area contributed by atoms with Gasteiger partial charge in [0.25, 0.3) is 5.56 Å². The van der Waals surface area contributed by atoms with Crippen LogP contribution in [0.25, 0.3) is 11.2 Å². The number of anilines is 1. The Morgan fingerprint density at radius 2 is 1.84 bits per heavy atom. The number of aryl methyl sites for hydroxylation is 2. The summed E-state index contributed by atoms with van der Waals surface area (Å²) in [5.41, 5.74) is 1.52. The van der Waals surface area contributed by atoms with Crippen LogP contribution in [0, 0.1) is 0 Å². The van der Waals surface area contributed by atoms with Gasteiger partial charge in [-0.15, -0.1) is 0 Å². The van der Waals surface area contributed by atoms with E-state index in [0.717, 1.165) is 42.1 Å². The van der Waals surface area contributed by atoms with Crippen molar-refractivity contribution in [2.45, 2.75) is 19.5 Å². The maximum Gasteiger partial charge on any atom is 0.332 e. The first-order valence-corrected chi connectivity index (χ1v) is 10.2. The summed E-state index contributed by atoms with van der Waals surface area (Å²) in [6, 6.07) is 7.73. The predicted molar refractivity (Wildman–Crippen MR) is 116 cm³/mol. The predicted octanol–water partition coefficient (Wildman–Crippen LogP) is 0.148. The van der Waals surface area contributed by atoms with Crippen LogP contribution in [0.1, 0.15) is 18.5 Å². The number of aromatic nitrogens is 4. The van der Waals surface area contributed by atoms with E-state index in [1.54, 1.807) is 11.6 Å². The summed E-state index contributed by atoms with van der Waals surface area (Å²) in [5.74, 6) is -0.412. The SMILES string of the molecule is CC(NC(=O)Cn1c(=O)c2c(ncn2C)n(C)c1=O)c1ccc(N2CCOCC2)cc1. The molecule has 4 rings (SSSR count). The van der Waals surface area contributed by atoms with Crippen molar-refractivity contribution in [3.63, 3.8) is 0 Å². The van der Waals surface area contributed by atoms with Crippen LogP contribution in [0.4, 0.5) is 5.69 Å². The molecule has 1 aromatic carbocycles. The summed E-state index contributed by atoms with van der Waals surface area (Å²) in [5, 5.41) is 2.87. The van der Waals surface area contributed by atoms with Gasteiger partial charge in [-0.05, 0) is 24.6 Å². The highest BCUT2D eigenvalue weighted by molar-refractivity contribution is 5.77. The van der Waals surface area contributed by atoms with Gasteiger partial charge in [0.05, 0.1) is 25.6 Å². The lowest BCUT2D eigenvalue weighted by atomic mass is 10.1. The van der Waals surface area contributed by atoms with Crippen LogP contribution in [0.2, 0.25) is 0 Å². The van der Waals surface area contributed by atoms with Gasteiger partial charge < -0.3 is 19.5 Å². The van der Waals surface area contributed by atoms with Crippen molar-refractivity contribution in [2.75, 3.05) is 31.2 Å². The zero-order chi connectivity index (χ0) is 22.1. The summed E-state index contributed by atoms with van der Waals surface area (Å²) in [6.07, 6.45) is 1.47. The van der Waals surface area contributed by atoms with Gasteiger partial charge in [-0.1, -0.05) is 12.1 Å². The molecule has 1 unspecified atom stereocenters. The zero-order valence-electron chi connectivity index (χ0n) is 17.9. The number of fused-ring (bicyclic) bond motifs is 1. The Morgan fingerprint density at radius 3 is 2.52 bits per heavy atom. The van der Waals surface area contributed by atoms with E-state index in [1.165, 1.54) is 17.9 Å². The lowest BCUT2D eigenvalue weighted by molar-refractivity contribution is -0.122. The minimum Gasteiger partial charge on any atom is -0.378 e. The second-order valence-electron chi connectivity index (χ2n) is 7.74. The normalized spacial score (nSPS) is 15.3. The Hall–Kier alpha value is -3.40. The fourth-order valence-electron chi connectivity index (χ4n) is 3.85. The molecule has 31 heavy (non-hydrogen) atoms. The molecule has 0 radical (unpaired) electrons. The monoisotopic (exact) mass is 426 g/mol. The van der Waals surface area contributed by atoms with Gasteiger partial charge in [0, 0.05) is 32.9 Å². The summed E-state index contributed by atoms with van der Waals surface area (Å²) in [7, 11) is 3.21. The number of amides is 1. The van der Waals surface area contributed by atoms with Crippen LogP contribution >= 0.6 is 0 Å². The summed E-state index contributed by atoms with van der Waals surface area (Å²) < 4.78 is 9.14. The fraction of sp³-hybridized carbons (Fsp3) is 0.429. The summed E-state index contributed by atoms with van der Waals surface area (Å²) in [4.78, 5) is 44.3. The van der Waals surface area contributed by atoms with Crippen molar-refractivity contribution >= 4 is 22.8 Å². The number of imidazole rings is 1. The van der Waals surface area contributed by atoms with Crippen LogP contribution in [0.5, 0.6) is 0 Å². The molecule has 1 aliphatic rings. The fourth-order valence-corrected chi connectivity index (χ4v) is 3.85. The highest BCUT2D eigenvalue weighted by atomic mass is 16.5. The van der Waals surface area contributed by atoms with E-state index in [1.807, 2.05) is 31.2 Å². The van der Waals surface area contributed by atoms with Crippen LogP contribution in [0.3, 0.4) is 0 Å². The van der Waals surface area contributed by atoms with E-state index in [2.05, 4.69) is 15.2 Å². The first-order chi connectivity index (χ1) is 14.9. The smallest absolute Gasteiger partial charge is 0.332 e. The molecule has 10 nitrogen and oxygen atoms in total. The lowest BCUT2D eigenvalue weighted by Gasteiger charge is -2.29. The molecular weight excluding hydrogens is 400 g/mol. The van der Waals surface area contributed by atoms with Gasteiger partial charge in [0.2, 0.25) is 5.91 Å². The molecule has 1 fully saturated rings. The van der Waals surface area contributed by atoms with Crippen LogP contribution < -0.4 is 21.5 Å². The average Bonchev–Trinajstić information content (AvgIpc) is 3.17. The Morgan fingerprint density at radius 1 is 1.16 bits per heavy atom. The molecule has 1 atom stereocenters. The number of nitrogens with one attached hydrogen (secondary N) is 1. The topological polar surface area (TPSA) is 103 Å². The molecule has 0 saturated carbocycles. The lowest BCUT2D eigenvalue weighted by Crippen LogP contribution is -2.43. The third kappa shape index (κ3) is 3.98. The van der Waals surface area contributed by atoms with Gasteiger partial charge in [0.15, 0.2) is 11.2 Å². The van der Waals surface area contributed by atoms with Crippen LogP contribution in [-0.4, -0.2) is 50.9 Å². The first kappa shape index (κ1) is 20.9.